The minimum Gasteiger partial charge on any atom is -0.309 e. The molecule has 32 heteroatoms. The minimum absolute atomic E-state index is 2.68. The third-order valence-corrected chi connectivity index (χ3v) is 13.6. The van der Waals surface area contributed by atoms with Gasteiger partial charge in [0.1, 0.15) is 33.0 Å². The first-order valence-electron chi connectivity index (χ1n) is 11.0. The fourth-order valence-corrected chi connectivity index (χ4v) is 12.3. The molecule has 1 aliphatic rings. The molecule has 1 aliphatic heterocycles. The van der Waals surface area contributed by atoms with Crippen molar-refractivity contribution in [1.29, 1.82) is 0 Å². The van der Waals surface area contributed by atoms with Crippen molar-refractivity contribution >= 4 is 33.3 Å². The molecule has 0 amide bonds. The van der Waals surface area contributed by atoms with Gasteiger partial charge in [-0.15, -0.1) is 4.52 Å². The van der Waals surface area contributed by atoms with Gasteiger partial charge in [-0.05, 0) is 11.2 Å². The molecule has 1 unspecified atom stereocenters. The Kier molecular flexibility index (Phi) is 14.9. The summed E-state index contributed by atoms with van der Waals surface area (Å²) in [6.07, 6.45) is -24.0. The quantitative estimate of drug-likeness (QED) is 0.0902. The maximum atomic E-state index is 13.7. The van der Waals surface area contributed by atoms with E-state index >= 15 is 0 Å². The van der Waals surface area contributed by atoms with Crippen molar-refractivity contribution in [2.24, 2.45) is 13.5 Å². The van der Waals surface area contributed by atoms with Crippen molar-refractivity contribution in [3.8, 4) is 0 Å². The third kappa shape index (κ3) is 12.6. The summed E-state index contributed by atoms with van der Waals surface area (Å²) >= 11 is 5.61. The van der Waals surface area contributed by atoms with E-state index in [0.717, 1.165) is 0 Å². The van der Waals surface area contributed by atoms with Crippen LogP contribution in [0.5, 0.6) is 0 Å². The van der Waals surface area contributed by atoms with E-state index in [-0.39, 0.29) is 0 Å². The molecule has 8 nitrogen and oxygen atoms in total. The monoisotopic (exact) mass is 825 g/mol. The summed E-state index contributed by atoms with van der Waals surface area (Å²) in [4.78, 5) is 0. The summed E-state index contributed by atoms with van der Waals surface area (Å²) in [5, 5.41) is 0. The lowest BCUT2D eigenvalue weighted by Crippen LogP contribution is -2.34. The lowest BCUT2D eigenvalue weighted by molar-refractivity contribution is -0.158. The highest BCUT2D eigenvalue weighted by Crippen LogP contribution is 2.82. The zero-order chi connectivity index (χ0) is 37.1. The van der Waals surface area contributed by atoms with Crippen LogP contribution < -0.4 is 0 Å². The molecule has 0 aliphatic carbocycles. The van der Waals surface area contributed by atoms with E-state index in [1.54, 1.807) is 0 Å². The van der Waals surface area contributed by atoms with Gasteiger partial charge in [-0.3, -0.25) is 18.1 Å². The first-order chi connectivity index (χ1) is 20.9. The molecule has 0 saturated heterocycles. The van der Waals surface area contributed by atoms with Gasteiger partial charge in [-0.2, -0.15) is 52.9 Å². The van der Waals surface area contributed by atoms with Crippen molar-refractivity contribution in [1.82, 2.24) is 0 Å². The molecule has 1 rings (SSSR count). The predicted molar refractivity (Wildman–Crippen MR) is 118 cm³/mol. The van der Waals surface area contributed by atoms with E-state index in [1.165, 1.54) is 0 Å². The lowest BCUT2D eigenvalue weighted by Gasteiger charge is -2.34. The van der Waals surface area contributed by atoms with Gasteiger partial charge in [0.05, 0.1) is 0 Å². The van der Waals surface area contributed by atoms with E-state index in [9.17, 15) is 87.8 Å². The van der Waals surface area contributed by atoms with Crippen LogP contribution in [0.15, 0.2) is 13.5 Å². The first kappa shape index (κ1) is 44.4. The number of hydrogen-bond acceptors (Lipinski definition) is 8. The van der Waals surface area contributed by atoms with Gasteiger partial charge in [0.2, 0.25) is 0 Å². The van der Waals surface area contributed by atoms with Crippen molar-refractivity contribution < 1.29 is 110 Å². The lowest BCUT2D eigenvalue weighted by atomic mass is 10.4. The van der Waals surface area contributed by atoms with E-state index in [1.807, 2.05) is 0 Å². The maximum Gasteiger partial charge on any atom is 0.348 e. The third-order valence-electron chi connectivity index (χ3n) is 4.39. The topological polar surface area (TPSA) is 83.2 Å². The Balaban J connectivity index is 4.19. The van der Waals surface area contributed by atoms with E-state index in [0.29, 0.717) is 0 Å². The summed E-state index contributed by atoms with van der Waals surface area (Å²) < 4.78 is 293. The number of halogens is 21. The van der Waals surface area contributed by atoms with Crippen LogP contribution in [0.4, 0.5) is 87.8 Å². The molecule has 0 N–H and O–H groups in total. The zero-order valence-corrected chi connectivity index (χ0v) is 25.0. The van der Waals surface area contributed by atoms with Gasteiger partial charge in [-0.1, -0.05) is 0 Å². The Labute approximate surface area is 252 Å². The van der Waals surface area contributed by atoms with Gasteiger partial charge in [0, 0.05) is 0 Å². The van der Waals surface area contributed by atoms with Crippen molar-refractivity contribution in [2.75, 3.05) is 33.0 Å². The van der Waals surface area contributed by atoms with Crippen LogP contribution in [0.3, 0.4) is 0 Å². The van der Waals surface area contributed by atoms with Crippen LogP contribution in [0.25, 0.3) is 0 Å². The molecule has 0 aromatic carbocycles. The average Bonchev–Trinajstić information content (AvgIpc) is 2.92. The fourth-order valence-electron chi connectivity index (χ4n) is 1.97. The highest BCUT2D eigenvalue weighted by atomic mass is 35.7. The summed E-state index contributed by atoms with van der Waals surface area (Å²) in [5.41, 5.74) is 0. The zero-order valence-electron chi connectivity index (χ0n) is 21.6. The number of alkyl halides is 20. The van der Waals surface area contributed by atoms with Crippen molar-refractivity contribution in [3.05, 3.63) is 0 Å². The van der Waals surface area contributed by atoms with Crippen LogP contribution in [0, 0.1) is 0 Å². The molecule has 0 bridgehead atoms. The van der Waals surface area contributed by atoms with E-state index < -0.39 is 117 Å². The maximum absolute atomic E-state index is 13.7. The smallest absolute Gasteiger partial charge is 0.309 e. The molecule has 47 heavy (non-hydrogen) atoms. The standard InChI is InChI=1S/C15H15ClF20N3O5P3/c16-45(40-1-11(27,28)6(17)18)37-46(41-2-12(29,30)7(19)20,42-3-13(31,32)8(21)22)39-47(38-45,43-4-14(33,34)9(23)24)44-5-15(35,36)10(25)26/h6-10H,1-5H2. The Morgan fingerprint density at radius 1 is 0.383 bits per heavy atom. The average molecular weight is 826 g/mol. The van der Waals surface area contributed by atoms with Gasteiger partial charge < -0.3 is 4.52 Å². The highest BCUT2D eigenvalue weighted by molar-refractivity contribution is 7.94. The molecule has 282 valence electrons. The Bertz CT molecular complexity index is 1120. The minimum atomic E-state index is -6.40. The van der Waals surface area contributed by atoms with Gasteiger partial charge in [-0.25, -0.2) is 43.9 Å². The Hall–Kier alpha value is -0.620. The SMILES string of the molecule is FC(F)C(F)(F)COP1(Cl)=NP(OCC(F)(F)C(F)F)(OCC(F)(F)C(F)F)=NP(OCC(F)(F)C(F)F)(OCC(F)(F)C(F)F)=N1. The van der Waals surface area contributed by atoms with Gasteiger partial charge in [0.25, 0.3) is 0 Å². The molecular formula is C15H15ClF20N3O5P3. The normalized spacial score (nSPS) is 21.1. The molecule has 0 aromatic rings. The summed E-state index contributed by atoms with van der Waals surface area (Å²) in [7, 11) is -12.8. The van der Waals surface area contributed by atoms with Crippen LogP contribution in [0.2, 0.25) is 0 Å². The van der Waals surface area contributed by atoms with Gasteiger partial charge >= 0.3 is 83.8 Å². The van der Waals surface area contributed by atoms with Crippen LogP contribution >= 0.6 is 33.3 Å². The summed E-state index contributed by atoms with van der Waals surface area (Å²) in [5.74, 6) is -27.4. The van der Waals surface area contributed by atoms with Crippen LogP contribution in [-0.4, -0.2) is 94.8 Å². The Morgan fingerprint density at radius 2 is 0.596 bits per heavy atom. The van der Waals surface area contributed by atoms with Crippen LogP contribution in [0.1, 0.15) is 0 Å². The van der Waals surface area contributed by atoms with Crippen molar-refractivity contribution in [3.63, 3.8) is 0 Å². The molecule has 0 radical (unpaired) electrons. The van der Waals surface area contributed by atoms with E-state index in [2.05, 4.69) is 36.2 Å². The van der Waals surface area contributed by atoms with Crippen LogP contribution in [-0.2, 0) is 22.6 Å². The molecule has 1 heterocycles. The number of nitrogens with zero attached hydrogens (tertiary/aromatic N) is 3. The molecule has 0 saturated carbocycles. The van der Waals surface area contributed by atoms with Crippen molar-refractivity contribution in [2.45, 2.75) is 61.7 Å². The summed E-state index contributed by atoms with van der Waals surface area (Å²) in [6.45, 7) is -20.6. The number of rotatable bonds is 20. The van der Waals surface area contributed by atoms with E-state index in [4.69, 9.17) is 11.2 Å². The highest BCUT2D eigenvalue weighted by Gasteiger charge is 2.53. The molecule has 0 aromatic heterocycles. The second-order valence-corrected chi connectivity index (χ2v) is 16.1. The molecule has 1 atom stereocenters. The number of hydrogen-bond donors (Lipinski definition) is 0. The predicted octanol–water partition coefficient (Wildman–Crippen LogP) is 10.7. The first-order valence-corrected chi connectivity index (χ1v) is 16.6. The second-order valence-electron chi connectivity index (χ2n) is 8.40. The second kappa shape index (κ2) is 15.7. The van der Waals surface area contributed by atoms with Gasteiger partial charge in [0.15, 0.2) is 0 Å². The fraction of sp³-hybridized carbons (Fsp3) is 1.00. The summed E-state index contributed by atoms with van der Waals surface area (Å²) in [6, 6.07) is 0. The largest absolute Gasteiger partial charge is 0.348 e. The molecular weight excluding hydrogens is 811 g/mol. The molecule has 0 fully saturated rings. The Morgan fingerprint density at radius 3 is 0.830 bits per heavy atom. The molecule has 0 spiro atoms.